The monoisotopic (exact) mass is 531 g/mol. The fourth-order valence-corrected chi connectivity index (χ4v) is 7.30. The summed E-state index contributed by atoms with van der Waals surface area (Å²) in [7, 11) is 1.85. The molecular formula is C26H49ClFN6O2+. The third-order valence-electron chi connectivity index (χ3n) is 8.84. The average molecular weight is 532 g/mol. The zero-order valence-electron chi connectivity index (χ0n) is 22.3. The topological polar surface area (TPSA) is 120 Å². The lowest BCUT2D eigenvalue weighted by Gasteiger charge is -2.42. The van der Waals surface area contributed by atoms with Crippen molar-refractivity contribution in [2.24, 2.45) is 22.8 Å². The van der Waals surface area contributed by atoms with Gasteiger partial charge in [0.05, 0.1) is 23.7 Å². The first-order valence-corrected chi connectivity index (χ1v) is 14.3. The van der Waals surface area contributed by atoms with Crippen LogP contribution in [0.5, 0.6) is 0 Å². The highest BCUT2D eigenvalue weighted by atomic mass is 35.5. The van der Waals surface area contributed by atoms with Crippen molar-refractivity contribution in [1.29, 1.82) is 0 Å². The number of β-amino-alcohol motifs (C(OH)–C–C–N with tert-alkyl or cyclic N) is 1. The molecule has 2 fully saturated rings. The molecule has 10 heteroatoms. The standard InChI is InChI=1S/C26H48ClFN6O2/c1-4-9-26(5-2)10-6-7-17(28)15-33(3)21(12-26)22(24(29)30)25(36)32-20-14-31-13-19(27)23(20)34-11-8-18(35)16-34/h15,17-24,31,35H,4-14,16,29-30H2,1-3H3/p+1. The van der Waals surface area contributed by atoms with Gasteiger partial charge in [-0.1, -0.05) is 26.7 Å². The zero-order valence-corrected chi connectivity index (χ0v) is 23.1. The first kappa shape index (κ1) is 29.7. The lowest BCUT2D eigenvalue weighted by Crippen LogP contribution is -2.66. The first-order valence-electron chi connectivity index (χ1n) is 13.9. The minimum Gasteiger partial charge on any atom is -0.392 e. The molecule has 0 aromatic rings. The summed E-state index contributed by atoms with van der Waals surface area (Å²) in [6, 6.07) is -0.659. The molecule has 8 nitrogen and oxygen atoms in total. The molecule has 3 rings (SSSR count). The van der Waals surface area contributed by atoms with Gasteiger partial charge in [0, 0.05) is 38.6 Å². The summed E-state index contributed by atoms with van der Waals surface area (Å²) in [5.41, 5.74) is 12.6. The Balaban J connectivity index is 1.88. The van der Waals surface area contributed by atoms with E-state index in [2.05, 4.69) is 29.4 Å². The summed E-state index contributed by atoms with van der Waals surface area (Å²) in [4.78, 5) is 16.1. The van der Waals surface area contributed by atoms with E-state index in [-0.39, 0.29) is 40.9 Å². The van der Waals surface area contributed by atoms with Gasteiger partial charge in [0.15, 0.2) is 18.4 Å². The van der Waals surface area contributed by atoms with Gasteiger partial charge < -0.3 is 27.2 Å². The molecule has 2 saturated heterocycles. The second-order valence-corrected chi connectivity index (χ2v) is 12.0. The van der Waals surface area contributed by atoms with Gasteiger partial charge in [-0.2, -0.15) is 0 Å². The lowest BCUT2D eigenvalue weighted by atomic mass is 9.70. The van der Waals surface area contributed by atoms with Crippen LogP contribution < -0.4 is 22.1 Å². The number of aliphatic hydroxyl groups is 1. The Kier molecular flexibility index (Phi) is 11.0. The van der Waals surface area contributed by atoms with Crippen LogP contribution in [0.4, 0.5) is 4.39 Å². The first-order chi connectivity index (χ1) is 17.1. The van der Waals surface area contributed by atoms with Gasteiger partial charge in [0.25, 0.3) is 0 Å². The van der Waals surface area contributed by atoms with Gasteiger partial charge in [-0.3, -0.25) is 9.69 Å². The Morgan fingerprint density at radius 3 is 2.72 bits per heavy atom. The van der Waals surface area contributed by atoms with E-state index < -0.39 is 18.3 Å². The molecule has 0 bridgehead atoms. The molecule has 0 radical (unpaired) electrons. The van der Waals surface area contributed by atoms with Gasteiger partial charge >= 0.3 is 0 Å². The second kappa shape index (κ2) is 13.3. The number of halogens is 2. The van der Waals surface area contributed by atoms with Crippen LogP contribution in [-0.2, 0) is 4.79 Å². The average Bonchev–Trinajstić information content (AvgIpc) is 3.25. The third kappa shape index (κ3) is 7.17. The molecule has 8 unspecified atom stereocenters. The Labute approximate surface area is 221 Å². The number of aliphatic hydroxyl groups excluding tert-OH is 1. The van der Waals surface area contributed by atoms with Crippen molar-refractivity contribution < 1.29 is 18.9 Å². The van der Waals surface area contributed by atoms with E-state index in [9.17, 15) is 14.3 Å². The number of likely N-dealkylation sites (tertiary alicyclic amines) is 1. The van der Waals surface area contributed by atoms with E-state index in [0.29, 0.717) is 32.5 Å². The molecule has 3 aliphatic heterocycles. The predicted molar refractivity (Wildman–Crippen MR) is 143 cm³/mol. The number of alkyl halides is 2. The van der Waals surface area contributed by atoms with Crippen LogP contribution in [0.3, 0.4) is 0 Å². The Morgan fingerprint density at radius 2 is 2.11 bits per heavy atom. The Morgan fingerprint density at radius 1 is 1.36 bits per heavy atom. The Bertz CT molecular complexity index is 758. The maximum Gasteiger partial charge on any atom is 0.233 e. The molecule has 1 amide bonds. The molecule has 3 aliphatic rings. The molecule has 8 atom stereocenters. The molecule has 36 heavy (non-hydrogen) atoms. The molecule has 208 valence electrons. The summed E-state index contributed by atoms with van der Waals surface area (Å²) < 4.78 is 16.7. The largest absolute Gasteiger partial charge is 0.392 e. The molecule has 3 heterocycles. The van der Waals surface area contributed by atoms with Crippen molar-refractivity contribution in [2.45, 2.75) is 107 Å². The van der Waals surface area contributed by atoms with E-state index in [1.54, 1.807) is 6.21 Å². The van der Waals surface area contributed by atoms with E-state index in [0.717, 1.165) is 45.1 Å². The highest BCUT2D eigenvalue weighted by molar-refractivity contribution is 6.21. The smallest absolute Gasteiger partial charge is 0.233 e. The quantitative estimate of drug-likeness (QED) is 0.182. The van der Waals surface area contributed by atoms with E-state index in [1.807, 2.05) is 11.6 Å². The van der Waals surface area contributed by atoms with Crippen LogP contribution in [-0.4, -0.2) is 102 Å². The van der Waals surface area contributed by atoms with Gasteiger partial charge in [0.2, 0.25) is 5.91 Å². The molecule has 0 spiro atoms. The zero-order chi connectivity index (χ0) is 26.5. The number of nitrogens with zero attached hydrogens (tertiary/aromatic N) is 2. The number of hydrogen-bond donors (Lipinski definition) is 5. The van der Waals surface area contributed by atoms with E-state index >= 15 is 0 Å². The van der Waals surface area contributed by atoms with Crippen LogP contribution in [0.15, 0.2) is 0 Å². The van der Waals surface area contributed by atoms with E-state index in [4.69, 9.17) is 23.1 Å². The summed E-state index contributed by atoms with van der Waals surface area (Å²) in [5, 5.41) is 16.4. The molecule has 0 saturated carbocycles. The van der Waals surface area contributed by atoms with Crippen LogP contribution >= 0.6 is 11.6 Å². The van der Waals surface area contributed by atoms with Gasteiger partial charge in [-0.05, 0) is 37.5 Å². The third-order valence-corrected chi connectivity index (χ3v) is 9.25. The van der Waals surface area contributed by atoms with Crippen LogP contribution in [0.25, 0.3) is 0 Å². The molecule has 0 aromatic heterocycles. The highest BCUT2D eigenvalue weighted by Gasteiger charge is 2.46. The lowest BCUT2D eigenvalue weighted by molar-refractivity contribution is -0.546. The number of piperidine rings is 1. The number of carbonyl (C=O) groups is 1. The van der Waals surface area contributed by atoms with Crippen molar-refractivity contribution in [1.82, 2.24) is 15.5 Å². The normalized spacial score (nSPS) is 37.6. The highest BCUT2D eigenvalue weighted by Crippen LogP contribution is 2.41. The van der Waals surface area contributed by atoms with Crippen molar-refractivity contribution in [3.8, 4) is 0 Å². The van der Waals surface area contributed by atoms with Crippen LogP contribution in [0, 0.1) is 11.3 Å². The fraction of sp³-hybridized carbons (Fsp3) is 0.923. The number of rotatable bonds is 8. The fourth-order valence-electron chi connectivity index (χ4n) is 6.85. The molecular weight excluding hydrogens is 483 g/mol. The number of carbonyl (C=O) groups excluding carboxylic acids is 1. The number of amides is 1. The summed E-state index contributed by atoms with van der Waals surface area (Å²) in [6.07, 6.45) is 6.00. The predicted octanol–water partition coefficient (Wildman–Crippen LogP) is 1.17. The molecule has 7 N–H and O–H groups in total. The summed E-state index contributed by atoms with van der Waals surface area (Å²) in [6.45, 7) is 6.89. The molecule has 0 aliphatic carbocycles. The second-order valence-electron chi connectivity index (χ2n) is 11.4. The van der Waals surface area contributed by atoms with Crippen LogP contribution in [0.1, 0.15) is 65.2 Å². The van der Waals surface area contributed by atoms with Gasteiger partial charge in [0.1, 0.15) is 13.0 Å². The van der Waals surface area contributed by atoms with E-state index in [1.165, 1.54) is 0 Å². The van der Waals surface area contributed by atoms with Gasteiger partial charge in [-0.15, -0.1) is 11.6 Å². The van der Waals surface area contributed by atoms with Gasteiger partial charge in [-0.25, -0.2) is 8.97 Å². The summed E-state index contributed by atoms with van der Waals surface area (Å²) >= 11 is 6.73. The number of hydrogen-bond acceptors (Lipinski definition) is 6. The van der Waals surface area contributed by atoms with Crippen molar-refractivity contribution in [3.05, 3.63) is 0 Å². The minimum absolute atomic E-state index is 0.0147. The van der Waals surface area contributed by atoms with Crippen molar-refractivity contribution in [2.75, 3.05) is 33.2 Å². The summed E-state index contributed by atoms with van der Waals surface area (Å²) in [5.74, 6) is -0.923. The maximum atomic E-state index is 14.8. The van der Waals surface area contributed by atoms with Crippen molar-refractivity contribution >= 4 is 23.7 Å². The minimum atomic E-state index is -1.06. The maximum absolute atomic E-state index is 14.8. The number of nitrogens with two attached hydrogens (primary N) is 2. The van der Waals surface area contributed by atoms with Crippen LogP contribution in [0.2, 0.25) is 0 Å². The Hall–Kier alpha value is -0.840. The molecule has 0 aromatic carbocycles. The number of nitrogens with one attached hydrogen (secondary N) is 2. The van der Waals surface area contributed by atoms with Crippen molar-refractivity contribution in [3.63, 3.8) is 0 Å². The SMILES string of the molecule is CCCC1(CC)CCCC(F)C=[N+](C)C(C(C(=O)NC2CNCC(Cl)C2N2CCC(O)C2)C(N)N)C1.